The number of aromatic nitrogens is 3. The van der Waals surface area contributed by atoms with Gasteiger partial charge in [0.25, 0.3) is 11.8 Å². The summed E-state index contributed by atoms with van der Waals surface area (Å²) in [6.45, 7) is -1.04. The van der Waals surface area contributed by atoms with Crippen LogP contribution in [0.4, 0.5) is 32.6 Å². The van der Waals surface area contributed by atoms with E-state index in [9.17, 15) is 46.5 Å². The Morgan fingerprint density at radius 3 is 2.60 bits per heavy atom. The van der Waals surface area contributed by atoms with E-state index >= 15 is 0 Å². The number of carboxylic acid groups (broad SMARTS) is 1. The molecule has 3 aromatic rings. The van der Waals surface area contributed by atoms with E-state index in [1.807, 2.05) is 0 Å². The molecule has 0 saturated carbocycles. The molecule has 4 N–H and O–H groups in total. The molecule has 5 rings (SSSR count). The second-order valence-corrected chi connectivity index (χ2v) is 10.00. The van der Waals surface area contributed by atoms with Crippen molar-refractivity contribution >= 4 is 23.7 Å². The molecule has 12 nitrogen and oxygen atoms in total. The zero-order valence-corrected chi connectivity index (χ0v) is 21.9. The molecule has 2 aromatic carbocycles. The van der Waals surface area contributed by atoms with Gasteiger partial charge in [0, 0.05) is 36.7 Å². The number of carbonyl (C=O) groups is 3. The van der Waals surface area contributed by atoms with E-state index in [0.29, 0.717) is 12.1 Å². The molecule has 0 bridgehead atoms. The summed E-state index contributed by atoms with van der Waals surface area (Å²) in [6, 6.07) is 1.93. The molecular weight excluding hydrogens is 587 g/mol. The SMILES string of the molecule is O=C(O)N[C@H]1C[C@@H](n2ncc(N3CCC(O)(C(=O)NCc4cc(F)cc(F)c4F)C3=O)n2)CO[C@@H]1c1cc(F)ccc1F. The zero-order chi connectivity index (χ0) is 31.1. The third-order valence-electron chi connectivity index (χ3n) is 7.21. The van der Waals surface area contributed by atoms with Crippen LogP contribution in [0.25, 0.3) is 0 Å². The van der Waals surface area contributed by atoms with Crippen LogP contribution in [0.15, 0.2) is 36.5 Å². The smallest absolute Gasteiger partial charge is 0.404 e. The van der Waals surface area contributed by atoms with Crippen molar-refractivity contribution in [3.8, 4) is 0 Å². The Balaban J connectivity index is 1.27. The summed E-state index contributed by atoms with van der Waals surface area (Å²) in [6.07, 6.45) is -1.86. The van der Waals surface area contributed by atoms with Crippen molar-refractivity contribution in [2.75, 3.05) is 18.1 Å². The Labute approximate surface area is 239 Å². The molecule has 1 unspecified atom stereocenters. The second-order valence-electron chi connectivity index (χ2n) is 10.00. The number of ether oxygens (including phenoxy) is 1. The summed E-state index contributed by atoms with van der Waals surface area (Å²) >= 11 is 0. The highest BCUT2D eigenvalue weighted by atomic mass is 19.2. The normalized spacial score (nSPS) is 23.8. The maximum atomic E-state index is 14.4. The average Bonchev–Trinajstić information content (AvgIpc) is 3.56. The van der Waals surface area contributed by atoms with Crippen LogP contribution in [-0.4, -0.2) is 67.9 Å². The van der Waals surface area contributed by atoms with Crippen molar-refractivity contribution in [1.82, 2.24) is 25.6 Å². The minimum absolute atomic E-state index is 0.0153. The number of carbonyl (C=O) groups excluding carboxylic acids is 2. The number of amides is 3. The Morgan fingerprint density at radius 2 is 1.86 bits per heavy atom. The van der Waals surface area contributed by atoms with E-state index in [-0.39, 0.29) is 31.0 Å². The number of hydrogen-bond acceptors (Lipinski definition) is 7. The molecule has 2 saturated heterocycles. The van der Waals surface area contributed by atoms with Crippen molar-refractivity contribution in [3.63, 3.8) is 0 Å². The van der Waals surface area contributed by atoms with Crippen LogP contribution in [0.3, 0.4) is 0 Å². The molecule has 228 valence electrons. The average molecular weight is 610 g/mol. The molecule has 1 aromatic heterocycles. The molecule has 0 aliphatic carbocycles. The summed E-state index contributed by atoms with van der Waals surface area (Å²) in [5.74, 6) is -7.88. The van der Waals surface area contributed by atoms with E-state index in [1.54, 1.807) is 0 Å². The predicted octanol–water partition coefficient (Wildman–Crippen LogP) is 2.10. The standard InChI is InChI=1S/C26H23F5N6O6/c27-13-1-2-17(29)16(6-13)22-19(34-25(40)41)8-15(11-43-22)37-33-10-20(35-37)36-4-3-26(42,24(36)39)23(38)32-9-12-5-14(28)7-18(30)21(12)31/h1-2,5-7,10,15,19,22,34,42H,3-4,8-9,11H2,(H,32,38)(H,40,41)/t15-,19+,22-,26?/m1/s1. The summed E-state index contributed by atoms with van der Waals surface area (Å²) in [5, 5.41) is 32.8. The first kappa shape index (κ1) is 29.8. The Morgan fingerprint density at radius 1 is 1.09 bits per heavy atom. The van der Waals surface area contributed by atoms with Gasteiger partial charge in [0.15, 0.2) is 17.5 Å². The molecule has 2 fully saturated rings. The Bertz CT molecular complexity index is 1590. The number of nitrogens with zero attached hydrogens (tertiary/aromatic N) is 4. The van der Waals surface area contributed by atoms with Crippen LogP contribution < -0.4 is 15.5 Å². The van der Waals surface area contributed by atoms with Gasteiger partial charge in [-0.15, -0.1) is 5.10 Å². The third-order valence-corrected chi connectivity index (χ3v) is 7.21. The van der Waals surface area contributed by atoms with Crippen molar-refractivity contribution in [3.05, 3.63) is 76.7 Å². The van der Waals surface area contributed by atoms with Crippen LogP contribution in [0.2, 0.25) is 0 Å². The highest BCUT2D eigenvalue weighted by Gasteiger charge is 2.52. The molecule has 0 radical (unpaired) electrons. The first-order valence-corrected chi connectivity index (χ1v) is 12.8. The summed E-state index contributed by atoms with van der Waals surface area (Å²) in [7, 11) is 0. The highest BCUT2D eigenvalue weighted by Crippen LogP contribution is 2.35. The van der Waals surface area contributed by atoms with Gasteiger partial charge in [-0.3, -0.25) is 14.5 Å². The Kier molecular flexibility index (Phi) is 8.02. The zero-order valence-electron chi connectivity index (χ0n) is 21.9. The van der Waals surface area contributed by atoms with E-state index in [4.69, 9.17) is 4.74 Å². The lowest BCUT2D eigenvalue weighted by Gasteiger charge is -2.36. The third kappa shape index (κ3) is 5.85. The van der Waals surface area contributed by atoms with Gasteiger partial charge in [0.2, 0.25) is 5.60 Å². The minimum Gasteiger partial charge on any atom is -0.465 e. The van der Waals surface area contributed by atoms with Crippen LogP contribution in [0.1, 0.15) is 36.1 Å². The van der Waals surface area contributed by atoms with Gasteiger partial charge >= 0.3 is 6.09 Å². The number of halogens is 5. The number of nitrogens with one attached hydrogen (secondary N) is 2. The maximum Gasteiger partial charge on any atom is 0.404 e. The fraction of sp³-hybridized carbons (Fsp3) is 0.346. The van der Waals surface area contributed by atoms with Gasteiger partial charge in [0.05, 0.1) is 24.9 Å². The second kappa shape index (κ2) is 11.6. The largest absolute Gasteiger partial charge is 0.465 e. The van der Waals surface area contributed by atoms with Crippen molar-refractivity contribution in [1.29, 1.82) is 0 Å². The topological polar surface area (TPSA) is 159 Å². The number of hydrogen-bond donors (Lipinski definition) is 4. The van der Waals surface area contributed by atoms with Gasteiger partial charge < -0.3 is 25.6 Å². The van der Waals surface area contributed by atoms with Gasteiger partial charge in [-0.2, -0.15) is 9.90 Å². The molecule has 43 heavy (non-hydrogen) atoms. The highest BCUT2D eigenvalue weighted by molar-refractivity contribution is 6.16. The molecule has 3 amide bonds. The van der Waals surface area contributed by atoms with Crippen LogP contribution in [0.5, 0.6) is 0 Å². The van der Waals surface area contributed by atoms with Crippen molar-refractivity contribution in [2.24, 2.45) is 0 Å². The van der Waals surface area contributed by atoms with E-state index in [1.165, 1.54) is 0 Å². The fourth-order valence-corrected chi connectivity index (χ4v) is 5.07. The summed E-state index contributed by atoms with van der Waals surface area (Å²) in [5.41, 5.74) is -3.32. The van der Waals surface area contributed by atoms with Crippen LogP contribution in [0, 0.1) is 29.1 Å². The quantitative estimate of drug-likeness (QED) is 0.180. The summed E-state index contributed by atoms with van der Waals surface area (Å²) in [4.78, 5) is 39.3. The van der Waals surface area contributed by atoms with Crippen LogP contribution in [-0.2, 0) is 20.9 Å². The van der Waals surface area contributed by atoms with Crippen molar-refractivity contribution < 1.29 is 51.3 Å². The number of aliphatic hydroxyl groups is 1. The predicted molar refractivity (Wildman–Crippen MR) is 134 cm³/mol. The van der Waals surface area contributed by atoms with Crippen LogP contribution >= 0.6 is 0 Å². The van der Waals surface area contributed by atoms with E-state index in [0.717, 1.165) is 34.1 Å². The first-order valence-electron chi connectivity index (χ1n) is 12.8. The molecule has 0 spiro atoms. The molecule has 2 aliphatic heterocycles. The lowest BCUT2D eigenvalue weighted by Crippen LogP contribution is -2.52. The van der Waals surface area contributed by atoms with Gasteiger partial charge in [-0.1, -0.05) is 0 Å². The molecule has 17 heteroatoms. The van der Waals surface area contributed by atoms with E-state index in [2.05, 4.69) is 20.8 Å². The number of rotatable bonds is 7. The number of benzene rings is 2. The first-order chi connectivity index (χ1) is 20.4. The molecular formula is C26H23F5N6O6. The summed E-state index contributed by atoms with van der Waals surface area (Å²) < 4.78 is 74.7. The monoisotopic (exact) mass is 610 g/mol. The van der Waals surface area contributed by atoms with Gasteiger partial charge in [-0.25, -0.2) is 26.7 Å². The van der Waals surface area contributed by atoms with Gasteiger partial charge in [-0.05, 0) is 30.7 Å². The number of anilines is 1. The minimum atomic E-state index is -2.60. The maximum absolute atomic E-state index is 14.4. The van der Waals surface area contributed by atoms with Crippen molar-refractivity contribution in [2.45, 2.75) is 43.2 Å². The lowest BCUT2D eigenvalue weighted by molar-refractivity contribution is -0.149. The van der Waals surface area contributed by atoms with E-state index < -0.39 is 89.3 Å². The van der Waals surface area contributed by atoms with Gasteiger partial charge in [0.1, 0.15) is 23.6 Å². The Hall–Kier alpha value is -4.64. The molecule has 2 aliphatic rings. The molecule has 3 heterocycles. The molecule has 4 atom stereocenters. The fourth-order valence-electron chi connectivity index (χ4n) is 5.07. The lowest BCUT2D eigenvalue weighted by atomic mass is 9.93.